The Morgan fingerprint density at radius 1 is 1.50 bits per heavy atom. The quantitative estimate of drug-likeness (QED) is 0.927. The molecule has 0 radical (unpaired) electrons. The molecular weight excluding hydrogens is 257 g/mol. The third-order valence-corrected chi connectivity index (χ3v) is 2.96. The Hall–Kier alpha value is -1.46. The molecule has 0 amide bonds. The molecule has 0 fully saturated rings. The van der Waals surface area contributed by atoms with Gasteiger partial charge in [0.25, 0.3) is 0 Å². The molecule has 96 valence electrons. The number of hydrogen-bond acceptors (Lipinski definition) is 4. The molecule has 18 heavy (non-hydrogen) atoms. The number of rotatable bonds is 4. The molecule has 0 bridgehead atoms. The van der Waals surface area contributed by atoms with Crippen LogP contribution >= 0.6 is 11.6 Å². The molecule has 1 aromatic heterocycles. The molecular formula is C12H13ClFN3O. The van der Waals surface area contributed by atoms with Gasteiger partial charge in [0.15, 0.2) is 5.82 Å². The maximum atomic E-state index is 12.9. The number of nitrogens with zero attached hydrogens (tertiary/aromatic N) is 2. The first-order valence-electron chi connectivity index (χ1n) is 5.62. The molecule has 2 aromatic rings. The van der Waals surface area contributed by atoms with Crippen molar-refractivity contribution in [3.05, 3.63) is 46.3 Å². The van der Waals surface area contributed by atoms with E-state index in [1.54, 1.807) is 6.07 Å². The first-order valence-corrected chi connectivity index (χ1v) is 6.00. The molecule has 0 spiro atoms. The van der Waals surface area contributed by atoms with Crippen molar-refractivity contribution in [3.63, 3.8) is 0 Å². The lowest BCUT2D eigenvalue weighted by Crippen LogP contribution is -2.09. The number of halogens is 2. The zero-order valence-corrected chi connectivity index (χ0v) is 10.6. The van der Waals surface area contributed by atoms with Gasteiger partial charge in [-0.3, -0.25) is 0 Å². The normalized spacial score (nSPS) is 12.7. The van der Waals surface area contributed by atoms with Gasteiger partial charge in [-0.1, -0.05) is 29.7 Å². The van der Waals surface area contributed by atoms with Crippen LogP contribution in [-0.2, 0) is 6.42 Å². The minimum Gasteiger partial charge on any atom is -0.338 e. The third-order valence-electron chi connectivity index (χ3n) is 2.60. The van der Waals surface area contributed by atoms with Gasteiger partial charge in [-0.2, -0.15) is 4.98 Å². The maximum Gasteiger partial charge on any atom is 0.243 e. The lowest BCUT2D eigenvalue weighted by atomic mass is 10.1. The summed E-state index contributed by atoms with van der Waals surface area (Å²) in [6.07, 6.45) is 1.11. The fraction of sp³-hybridized carbons (Fsp3) is 0.333. The average molecular weight is 270 g/mol. The van der Waals surface area contributed by atoms with Crippen LogP contribution in [0.2, 0.25) is 5.02 Å². The van der Waals surface area contributed by atoms with Crippen LogP contribution in [0.3, 0.4) is 0 Å². The highest BCUT2D eigenvalue weighted by Crippen LogP contribution is 2.20. The Bertz CT molecular complexity index is 544. The first-order chi connectivity index (χ1) is 8.60. The number of nitrogens with two attached hydrogens (primary N) is 1. The monoisotopic (exact) mass is 269 g/mol. The second kappa shape index (κ2) is 5.46. The van der Waals surface area contributed by atoms with E-state index >= 15 is 0 Å². The molecule has 0 saturated heterocycles. The van der Waals surface area contributed by atoms with Crippen molar-refractivity contribution in [1.29, 1.82) is 0 Å². The largest absolute Gasteiger partial charge is 0.338 e. The standard InChI is InChI=1S/C12H13ClFN3O/c1-2-10(15)12-16-11(17-18-12)5-7-3-4-8(14)6-9(7)13/h3-4,6,10H,2,5,15H2,1H3/t10-/m1/s1. The second-order valence-electron chi connectivity index (χ2n) is 3.98. The topological polar surface area (TPSA) is 64.9 Å². The van der Waals surface area contributed by atoms with Crippen molar-refractivity contribution in [1.82, 2.24) is 10.1 Å². The van der Waals surface area contributed by atoms with E-state index in [9.17, 15) is 4.39 Å². The molecule has 0 aliphatic carbocycles. The van der Waals surface area contributed by atoms with E-state index in [-0.39, 0.29) is 11.9 Å². The molecule has 6 heteroatoms. The van der Waals surface area contributed by atoms with Crippen molar-refractivity contribution in [2.45, 2.75) is 25.8 Å². The minimum absolute atomic E-state index is 0.255. The summed E-state index contributed by atoms with van der Waals surface area (Å²) in [5.41, 5.74) is 6.52. The summed E-state index contributed by atoms with van der Waals surface area (Å²) in [4.78, 5) is 4.18. The van der Waals surface area contributed by atoms with Gasteiger partial charge in [0.1, 0.15) is 5.82 Å². The van der Waals surface area contributed by atoms with Crippen LogP contribution in [0.15, 0.2) is 22.7 Å². The van der Waals surface area contributed by atoms with E-state index in [1.165, 1.54) is 12.1 Å². The Balaban J connectivity index is 2.16. The van der Waals surface area contributed by atoms with Crippen LogP contribution in [-0.4, -0.2) is 10.1 Å². The Morgan fingerprint density at radius 3 is 2.94 bits per heavy atom. The average Bonchev–Trinajstić information content (AvgIpc) is 2.80. The van der Waals surface area contributed by atoms with E-state index in [4.69, 9.17) is 21.9 Å². The summed E-state index contributed by atoms with van der Waals surface area (Å²) in [5, 5.41) is 4.17. The van der Waals surface area contributed by atoms with E-state index in [0.29, 0.717) is 23.2 Å². The summed E-state index contributed by atoms with van der Waals surface area (Å²) in [6.45, 7) is 1.94. The fourth-order valence-electron chi connectivity index (χ4n) is 1.50. The SMILES string of the molecule is CC[C@@H](N)c1nc(Cc2ccc(F)cc2Cl)no1. The zero-order valence-electron chi connectivity index (χ0n) is 9.86. The highest BCUT2D eigenvalue weighted by atomic mass is 35.5. The molecule has 1 heterocycles. The van der Waals surface area contributed by atoms with Gasteiger partial charge in [0, 0.05) is 11.4 Å². The third kappa shape index (κ3) is 2.86. The van der Waals surface area contributed by atoms with Gasteiger partial charge in [-0.25, -0.2) is 4.39 Å². The second-order valence-corrected chi connectivity index (χ2v) is 4.38. The number of aromatic nitrogens is 2. The number of benzene rings is 1. The van der Waals surface area contributed by atoms with Crippen LogP contribution in [0.4, 0.5) is 4.39 Å². The van der Waals surface area contributed by atoms with E-state index in [2.05, 4.69) is 10.1 Å². The van der Waals surface area contributed by atoms with Crippen molar-refractivity contribution in [2.24, 2.45) is 5.73 Å². The maximum absolute atomic E-state index is 12.9. The van der Waals surface area contributed by atoms with Crippen molar-refractivity contribution in [2.75, 3.05) is 0 Å². The molecule has 0 unspecified atom stereocenters. The summed E-state index contributed by atoms with van der Waals surface area (Å²) in [5.74, 6) is 0.527. The summed E-state index contributed by atoms with van der Waals surface area (Å²) in [7, 11) is 0. The Labute approximate surface area is 109 Å². The van der Waals surface area contributed by atoms with Crippen LogP contribution in [0.25, 0.3) is 0 Å². The minimum atomic E-state index is -0.370. The predicted molar refractivity (Wildman–Crippen MR) is 65.7 cm³/mol. The van der Waals surface area contributed by atoms with Crippen LogP contribution < -0.4 is 5.73 Å². The zero-order chi connectivity index (χ0) is 13.1. The summed E-state index contributed by atoms with van der Waals surface area (Å²) in [6, 6.07) is 3.96. The smallest absolute Gasteiger partial charge is 0.243 e. The van der Waals surface area contributed by atoms with Crippen molar-refractivity contribution >= 4 is 11.6 Å². The van der Waals surface area contributed by atoms with Crippen LogP contribution in [0, 0.1) is 5.82 Å². The van der Waals surface area contributed by atoms with Gasteiger partial charge in [0.05, 0.1) is 6.04 Å². The molecule has 4 nitrogen and oxygen atoms in total. The van der Waals surface area contributed by atoms with Gasteiger partial charge >= 0.3 is 0 Å². The highest BCUT2D eigenvalue weighted by Gasteiger charge is 2.14. The molecule has 0 saturated carbocycles. The molecule has 2 rings (SSSR count). The lowest BCUT2D eigenvalue weighted by molar-refractivity contribution is 0.348. The molecule has 1 atom stereocenters. The van der Waals surface area contributed by atoms with E-state index < -0.39 is 0 Å². The van der Waals surface area contributed by atoms with Crippen LogP contribution in [0.1, 0.15) is 36.7 Å². The predicted octanol–water partition coefficient (Wildman–Crippen LogP) is 2.86. The molecule has 0 aliphatic heterocycles. The molecule has 2 N–H and O–H groups in total. The van der Waals surface area contributed by atoms with E-state index in [1.807, 2.05) is 6.92 Å². The Kier molecular flexibility index (Phi) is 3.93. The molecule has 0 aliphatic rings. The highest BCUT2D eigenvalue weighted by molar-refractivity contribution is 6.31. The molecule has 1 aromatic carbocycles. The summed E-state index contributed by atoms with van der Waals surface area (Å²) < 4.78 is 17.9. The van der Waals surface area contributed by atoms with E-state index in [0.717, 1.165) is 12.0 Å². The van der Waals surface area contributed by atoms with Gasteiger partial charge in [-0.15, -0.1) is 0 Å². The first kappa shape index (κ1) is 13.0. The van der Waals surface area contributed by atoms with Gasteiger partial charge in [-0.05, 0) is 24.1 Å². The fourth-order valence-corrected chi connectivity index (χ4v) is 1.73. The lowest BCUT2D eigenvalue weighted by Gasteiger charge is -2.01. The van der Waals surface area contributed by atoms with Crippen molar-refractivity contribution in [3.8, 4) is 0 Å². The van der Waals surface area contributed by atoms with Crippen LogP contribution in [0.5, 0.6) is 0 Å². The van der Waals surface area contributed by atoms with Gasteiger partial charge < -0.3 is 10.3 Å². The Morgan fingerprint density at radius 2 is 2.28 bits per heavy atom. The summed E-state index contributed by atoms with van der Waals surface area (Å²) >= 11 is 5.93. The number of hydrogen-bond donors (Lipinski definition) is 1. The van der Waals surface area contributed by atoms with Gasteiger partial charge in [0.2, 0.25) is 5.89 Å². The van der Waals surface area contributed by atoms with Crippen molar-refractivity contribution < 1.29 is 8.91 Å².